The molecule has 23 heavy (non-hydrogen) atoms. The second-order valence-corrected chi connectivity index (χ2v) is 5.77. The predicted octanol–water partition coefficient (Wildman–Crippen LogP) is 0.342. The Kier molecular flexibility index (Phi) is 5.83. The van der Waals surface area contributed by atoms with Gasteiger partial charge in [0, 0.05) is 11.9 Å². The molecule has 0 saturated carbocycles. The first-order valence-electron chi connectivity index (χ1n) is 6.13. The lowest BCUT2D eigenvalue weighted by molar-refractivity contribution is -0.140. The molecule has 1 rings (SSSR count). The fourth-order valence-corrected chi connectivity index (χ4v) is 1.91. The van der Waals surface area contributed by atoms with Gasteiger partial charge in [-0.15, -0.1) is 0 Å². The summed E-state index contributed by atoms with van der Waals surface area (Å²) >= 11 is 0. The number of carboxylic acids is 1. The molecule has 10 heteroatoms. The van der Waals surface area contributed by atoms with Crippen molar-refractivity contribution in [3.05, 3.63) is 36.0 Å². The number of nitrogens with zero attached hydrogens (tertiary/aromatic N) is 1. The highest BCUT2D eigenvalue weighted by atomic mass is 32.2. The van der Waals surface area contributed by atoms with E-state index >= 15 is 0 Å². The Morgan fingerprint density at radius 3 is 2.57 bits per heavy atom. The largest absolute Gasteiger partial charge is 0.480 e. The number of anilines is 1. The molecule has 0 saturated heterocycles. The van der Waals surface area contributed by atoms with E-state index in [0.29, 0.717) is 0 Å². The van der Waals surface area contributed by atoms with Crippen LogP contribution in [-0.4, -0.2) is 36.0 Å². The minimum atomic E-state index is -4.38. The summed E-state index contributed by atoms with van der Waals surface area (Å²) in [6, 6.07) is 5.46. The van der Waals surface area contributed by atoms with Crippen LogP contribution < -0.4 is 10.6 Å². The van der Waals surface area contributed by atoms with Crippen LogP contribution in [0.3, 0.4) is 0 Å². The number of amides is 1. The lowest BCUT2D eigenvalue weighted by atomic mass is 10.2. The van der Waals surface area contributed by atoms with Gasteiger partial charge in [-0.3, -0.25) is 14.1 Å². The molecular formula is C13H13N3O6S. The summed E-state index contributed by atoms with van der Waals surface area (Å²) in [7, 11) is -4.38. The molecule has 4 N–H and O–H groups in total. The standard InChI is InChI=1S/C13H13N3O6S/c1-8(13(18)19)16-12(17)9(6-14)7-15-10-3-2-4-11(5-10)23(20,21)22/h2-5,7-8,15H,1H3,(H,16,17)(H,18,19)(H,20,21,22)/b9-7-. The molecule has 0 aliphatic rings. The molecule has 0 aliphatic carbocycles. The molecule has 9 nitrogen and oxygen atoms in total. The number of carboxylic acid groups (broad SMARTS) is 1. The molecular weight excluding hydrogens is 326 g/mol. The summed E-state index contributed by atoms with van der Waals surface area (Å²) in [5.74, 6) is -2.16. The Morgan fingerprint density at radius 1 is 1.39 bits per heavy atom. The van der Waals surface area contributed by atoms with Crippen LogP contribution in [0, 0.1) is 11.3 Å². The first kappa shape index (κ1) is 18.1. The maximum atomic E-state index is 11.7. The molecule has 0 fully saturated rings. The summed E-state index contributed by atoms with van der Waals surface area (Å²) in [6.45, 7) is 1.23. The van der Waals surface area contributed by atoms with Crippen molar-refractivity contribution in [2.75, 3.05) is 5.32 Å². The van der Waals surface area contributed by atoms with Gasteiger partial charge in [-0.25, -0.2) is 0 Å². The first-order valence-corrected chi connectivity index (χ1v) is 7.57. The van der Waals surface area contributed by atoms with Crippen molar-refractivity contribution in [3.8, 4) is 6.07 Å². The lowest BCUT2D eigenvalue weighted by Crippen LogP contribution is -2.39. The summed E-state index contributed by atoms with van der Waals surface area (Å²) in [5, 5.41) is 22.2. The molecule has 122 valence electrons. The third kappa shape index (κ3) is 5.42. The van der Waals surface area contributed by atoms with E-state index < -0.39 is 33.6 Å². The average Bonchev–Trinajstić information content (AvgIpc) is 2.47. The minimum absolute atomic E-state index is 0.201. The Morgan fingerprint density at radius 2 is 2.04 bits per heavy atom. The van der Waals surface area contributed by atoms with E-state index in [4.69, 9.17) is 14.9 Å². The summed E-state index contributed by atoms with van der Waals surface area (Å²) in [5.41, 5.74) is -0.206. The number of carbonyl (C=O) groups excluding carboxylic acids is 1. The van der Waals surface area contributed by atoms with E-state index in [2.05, 4.69) is 10.6 Å². The fraction of sp³-hybridized carbons (Fsp3) is 0.154. The van der Waals surface area contributed by atoms with E-state index in [9.17, 15) is 18.0 Å². The zero-order valence-electron chi connectivity index (χ0n) is 11.8. The van der Waals surface area contributed by atoms with Gasteiger partial charge in [0.25, 0.3) is 16.0 Å². The maximum Gasteiger partial charge on any atom is 0.325 e. The number of aliphatic carboxylic acids is 1. The van der Waals surface area contributed by atoms with Gasteiger partial charge in [0.15, 0.2) is 0 Å². The average molecular weight is 339 g/mol. The quantitative estimate of drug-likeness (QED) is 0.328. The zero-order valence-corrected chi connectivity index (χ0v) is 12.7. The lowest BCUT2D eigenvalue weighted by Gasteiger charge is -2.08. The fourth-order valence-electron chi connectivity index (χ4n) is 1.39. The third-order valence-corrected chi connectivity index (χ3v) is 3.45. The van der Waals surface area contributed by atoms with E-state index in [1.165, 1.54) is 19.1 Å². The van der Waals surface area contributed by atoms with Crippen molar-refractivity contribution in [1.82, 2.24) is 5.32 Å². The monoisotopic (exact) mass is 339 g/mol. The molecule has 0 radical (unpaired) electrons. The Bertz CT molecular complexity index is 794. The highest BCUT2D eigenvalue weighted by Crippen LogP contribution is 2.15. The van der Waals surface area contributed by atoms with Crippen LogP contribution in [0.2, 0.25) is 0 Å². The van der Waals surface area contributed by atoms with Crippen molar-refractivity contribution in [3.63, 3.8) is 0 Å². The maximum absolute atomic E-state index is 11.7. The third-order valence-electron chi connectivity index (χ3n) is 2.60. The SMILES string of the molecule is CC(NC(=O)/C(C#N)=C\Nc1cccc(S(=O)(=O)O)c1)C(=O)O. The number of nitriles is 1. The number of carbonyl (C=O) groups is 2. The van der Waals surface area contributed by atoms with Gasteiger partial charge in [0.05, 0.1) is 4.90 Å². The molecule has 1 atom stereocenters. The molecule has 0 spiro atoms. The Balaban J connectivity index is 2.91. The van der Waals surface area contributed by atoms with E-state index in [1.807, 2.05) is 0 Å². The van der Waals surface area contributed by atoms with Gasteiger partial charge < -0.3 is 15.7 Å². The van der Waals surface area contributed by atoms with Gasteiger partial charge >= 0.3 is 5.97 Å². The summed E-state index contributed by atoms with van der Waals surface area (Å²) in [4.78, 5) is 22.0. The van der Waals surface area contributed by atoms with Crippen molar-refractivity contribution in [2.24, 2.45) is 0 Å². The van der Waals surface area contributed by atoms with Crippen LogP contribution in [0.25, 0.3) is 0 Å². The number of rotatable bonds is 6. The van der Waals surface area contributed by atoms with E-state index in [-0.39, 0.29) is 10.6 Å². The van der Waals surface area contributed by atoms with Crippen LogP contribution in [0.5, 0.6) is 0 Å². The minimum Gasteiger partial charge on any atom is -0.480 e. The molecule has 0 bridgehead atoms. The van der Waals surface area contributed by atoms with Crippen molar-refractivity contribution >= 4 is 27.7 Å². The van der Waals surface area contributed by atoms with E-state index in [1.54, 1.807) is 6.07 Å². The molecule has 0 heterocycles. The second kappa shape index (κ2) is 7.39. The highest BCUT2D eigenvalue weighted by molar-refractivity contribution is 7.85. The molecule has 0 aromatic heterocycles. The summed E-state index contributed by atoms with van der Waals surface area (Å²) in [6.07, 6.45) is 0.993. The Labute approximate surface area is 132 Å². The summed E-state index contributed by atoms with van der Waals surface area (Å²) < 4.78 is 31.0. The van der Waals surface area contributed by atoms with Crippen LogP contribution >= 0.6 is 0 Å². The number of benzene rings is 1. The second-order valence-electron chi connectivity index (χ2n) is 4.35. The molecule has 1 unspecified atom stereocenters. The zero-order chi connectivity index (χ0) is 17.6. The number of nitrogens with one attached hydrogen (secondary N) is 2. The van der Waals surface area contributed by atoms with Gasteiger partial charge in [-0.05, 0) is 25.1 Å². The van der Waals surface area contributed by atoms with Crippen molar-refractivity contribution in [2.45, 2.75) is 17.9 Å². The van der Waals surface area contributed by atoms with Crippen LogP contribution in [-0.2, 0) is 19.7 Å². The molecule has 1 aromatic rings. The van der Waals surface area contributed by atoms with Crippen molar-refractivity contribution < 1.29 is 27.7 Å². The Hall–Kier alpha value is -2.90. The van der Waals surface area contributed by atoms with Crippen LogP contribution in [0.1, 0.15) is 6.92 Å². The molecule has 0 aliphatic heterocycles. The van der Waals surface area contributed by atoms with Crippen LogP contribution in [0.4, 0.5) is 5.69 Å². The molecule has 1 aromatic carbocycles. The van der Waals surface area contributed by atoms with E-state index in [0.717, 1.165) is 18.3 Å². The normalized spacial score (nSPS) is 12.8. The van der Waals surface area contributed by atoms with Gasteiger partial charge in [0.2, 0.25) is 0 Å². The van der Waals surface area contributed by atoms with Gasteiger partial charge in [0.1, 0.15) is 17.7 Å². The highest BCUT2D eigenvalue weighted by Gasteiger charge is 2.17. The predicted molar refractivity (Wildman–Crippen MR) is 78.8 cm³/mol. The topological polar surface area (TPSA) is 157 Å². The number of hydrogen-bond donors (Lipinski definition) is 4. The van der Waals surface area contributed by atoms with Crippen LogP contribution in [0.15, 0.2) is 40.9 Å². The first-order chi connectivity index (χ1) is 10.6. The van der Waals surface area contributed by atoms with Crippen molar-refractivity contribution in [1.29, 1.82) is 5.26 Å². The number of hydrogen-bond acceptors (Lipinski definition) is 6. The van der Waals surface area contributed by atoms with Gasteiger partial charge in [-0.2, -0.15) is 13.7 Å². The van der Waals surface area contributed by atoms with Gasteiger partial charge in [-0.1, -0.05) is 6.07 Å². The molecule has 1 amide bonds. The smallest absolute Gasteiger partial charge is 0.325 e.